The minimum absolute atomic E-state index is 0. The van der Waals surface area contributed by atoms with Crippen LogP contribution in [0.3, 0.4) is 0 Å². The van der Waals surface area contributed by atoms with Crippen molar-refractivity contribution in [1.29, 1.82) is 0 Å². The third-order valence-electron chi connectivity index (χ3n) is 5.64. The average Bonchev–Trinajstić information content (AvgIpc) is 2.82. The van der Waals surface area contributed by atoms with Crippen LogP contribution >= 0.6 is 24.8 Å². The molecule has 0 bridgehead atoms. The van der Waals surface area contributed by atoms with Gasteiger partial charge < -0.3 is 24.7 Å². The number of aliphatic hydroxyl groups is 2. The molecule has 0 radical (unpaired) electrons. The predicted octanol–water partition coefficient (Wildman–Crippen LogP) is 3.62. The summed E-state index contributed by atoms with van der Waals surface area (Å²) in [7, 11) is 0. The van der Waals surface area contributed by atoms with Crippen LogP contribution in [-0.2, 0) is 0 Å². The minimum Gasteiger partial charge on any atom is -0.491 e. The maximum atomic E-state index is 9.45. The van der Waals surface area contributed by atoms with Crippen LogP contribution in [0.25, 0.3) is 22.0 Å². The molecule has 1 saturated heterocycles. The van der Waals surface area contributed by atoms with Crippen molar-refractivity contribution in [3.8, 4) is 17.0 Å². The minimum atomic E-state index is -0.873. The summed E-state index contributed by atoms with van der Waals surface area (Å²) in [6, 6.07) is 18.3. The molecule has 1 atom stereocenters. The van der Waals surface area contributed by atoms with Crippen molar-refractivity contribution in [3.63, 3.8) is 0 Å². The first kappa shape index (κ1) is 26.2. The highest BCUT2D eigenvalue weighted by atomic mass is 35.5. The third-order valence-corrected chi connectivity index (χ3v) is 5.64. The molecule has 1 aliphatic rings. The fourth-order valence-corrected chi connectivity index (χ4v) is 3.81. The van der Waals surface area contributed by atoms with Gasteiger partial charge in [0.05, 0.1) is 12.3 Å². The molecule has 6 nitrogen and oxygen atoms in total. The number of rotatable bonds is 7. The number of fused-ring (bicyclic) bond motifs is 1. The molecule has 1 aromatic heterocycles. The number of pyridine rings is 1. The number of anilines is 1. The second-order valence-corrected chi connectivity index (χ2v) is 7.65. The molecule has 1 fully saturated rings. The van der Waals surface area contributed by atoms with E-state index in [4.69, 9.17) is 14.8 Å². The van der Waals surface area contributed by atoms with E-state index < -0.39 is 6.10 Å². The van der Waals surface area contributed by atoms with Gasteiger partial charge in [-0.2, -0.15) is 0 Å². The Morgan fingerprint density at radius 1 is 1.00 bits per heavy atom. The molecule has 0 amide bonds. The number of ether oxygens (including phenoxy) is 1. The molecule has 8 heteroatoms. The Morgan fingerprint density at radius 3 is 2.34 bits per heavy atom. The van der Waals surface area contributed by atoms with E-state index in [9.17, 15) is 5.11 Å². The van der Waals surface area contributed by atoms with E-state index in [1.165, 1.54) is 10.8 Å². The summed E-state index contributed by atoms with van der Waals surface area (Å²) in [4.78, 5) is 9.92. The molecule has 2 aromatic carbocycles. The van der Waals surface area contributed by atoms with Crippen molar-refractivity contribution in [3.05, 3.63) is 54.6 Å². The van der Waals surface area contributed by atoms with Gasteiger partial charge in [0.15, 0.2) is 0 Å². The highest BCUT2D eigenvalue weighted by Crippen LogP contribution is 2.31. The highest BCUT2D eigenvalue weighted by Gasteiger charge is 2.19. The number of likely N-dealkylation sites (N-methyl/N-ethyl adjacent to an activating group) is 1. The number of nitrogens with zero attached hydrogens (tertiary/aromatic N) is 3. The fraction of sp³-hybridized carbons (Fsp3) is 0.375. The lowest BCUT2D eigenvalue weighted by Gasteiger charge is -2.35. The summed E-state index contributed by atoms with van der Waals surface area (Å²) < 4.78 is 5.52. The molecule has 0 aliphatic carbocycles. The third kappa shape index (κ3) is 6.03. The number of hydrogen-bond donors (Lipinski definition) is 2. The van der Waals surface area contributed by atoms with Gasteiger partial charge in [-0.3, -0.25) is 0 Å². The highest BCUT2D eigenvalue weighted by molar-refractivity contribution is 5.95. The van der Waals surface area contributed by atoms with Crippen molar-refractivity contribution >= 4 is 41.4 Å². The molecule has 174 valence electrons. The molecule has 0 saturated carbocycles. The number of aliphatic hydroxyl groups excluding tert-OH is 2. The van der Waals surface area contributed by atoms with Crippen LogP contribution in [0, 0.1) is 0 Å². The van der Waals surface area contributed by atoms with E-state index >= 15 is 0 Å². The summed E-state index contributed by atoms with van der Waals surface area (Å²) in [6.45, 7) is 7.13. The van der Waals surface area contributed by atoms with E-state index in [2.05, 4.69) is 47.1 Å². The lowest BCUT2D eigenvalue weighted by atomic mass is 10.1. The quantitative estimate of drug-likeness (QED) is 0.539. The van der Waals surface area contributed by atoms with Gasteiger partial charge in [0.25, 0.3) is 0 Å². The van der Waals surface area contributed by atoms with Crippen LogP contribution in [0.2, 0.25) is 0 Å². The number of aromatic nitrogens is 1. The molecule has 0 spiro atoms. The standard InChI is InChI=1S/C24H29N3O3.2ClH/c1-2-26-11-13-27(14-12-26)24-22-6-4-3-5-19(22)15-23(25-24)18-7-9-21(10-8-18)30-17-20(29)16-28;;/h3-10,15,20,28-29H,2,11-14,16-17H2,1H3;2*1H. The Morgan fingerprint density at radius 2 is 1.69 bits per heavy atom. The topological polar surface area (TPSA) is 69.1 Å². The first-order valence-corrected chi connectivity index (χ1v) is 10.6. The zero-order chi connectivity index (χ0) is 20.9. The summed E-state index contributed by atoms with van der Waals surface area (Å²) in [5.74, 6) is 1.70. The van der Waals surface area contributed by atoms with Gasteiger partial charge in [0, 0.05) is 37.1 Å². The second kappa shape index (κ2) is 12.2. The van der Waals surface area contributed by atoms with Crippen molar-refractivity contribution in [2.24, 2.45) is 0 Å². The van der Waals surface area contributed by atoms with Crippen LogP contribution in [0.5, 0.6) is 5.75 Å². The number of halogens is 2. The van der Waals surface area contributed by atoms with E-state index in [1.807, 2.05) is 24.3 Å². The van der Waals surface area contributed by atoms with Gasteiger partial charge in [0.1, 0.15) is 24.3 Å². The van der Waals surface area contributed by atoms with Gasteiger partial charge in [-0.15, -0.1) is 24.8 Å². The van der Waals surface area contributed by atoms with Crippen molar-refractivity contribution in [2.75, 3.05) is 50.8 Å². The zero-order valence-corrected chi connectivity index (χ0v) is 19.8. The molecular weight excluding hydrogens is 449 g/mol. The molecule has 32 heavy (non-hydrogen) atoms. The SMILES string of the molecule is CCN1CCN(c2nc(-c3ccc(OCC(O)CO)cc3)cc3ccccc23)CC1.Cl.Cl. The normalized spacial score (nSPS) is 15.0. The average molecular weight is 480 g/mol. The second-order valence-electron chi connectivity index (χ2n) is 7.65. The van der Waals surface area contributed by atoms with Crippen LogP contribution < -0.4 is 9.64 Å². The van der Waals surface area contributed by atoms with Gasteiger partial charge in [-0.25, -0.2) is 4.98 Å². The largest absolute Gasteiger partial charge is 0.491 e. The number of hydrogen-bond acceptors (Lipinski definition) is 6. The summed E-state index contributed by atoms with van der Waals surface area (Å²) in [5, 5.41) is 20.7. The molecular formula is C24H31Cl2N3O3. The maximum Gasteiger partial charge on any atom is 0.137 e. The van der Waals surface area contributed by atoms with Crippen molar-refractivity contribution in [2.45, 2.75) is 13.0 Å². The Bertz CT molecular complexity index is 980. The molecule has 4 rings (SSSR count). The summed E-state index contributed by atoms with van der Waals surface area (Å²) in [5.41, 5.74) is 1.95. The first-order valence-electron chi connectivity index (χ1n) is 10.6. The number of piperazine rings is 1. The Hall–Kier alpha value is -2.09. The Labute approximate surface area is 201 Å². The lowest BCUT2D eigenvalue weighted by molar-refractivity contribution is 0.0536. The lowest BCUT2D eigenvalue weighted by Crippen LogP contribution is -2.46. The van der Waals surface area contributed by atoms with Gasteiger partial charge in [0.2, 0.25) is 0 Å². The molecule has 2 heterocycles. The molecule has 1 unspecified atom stereocenters. The summed E-state index contributed by atoms with van der Waals surface area (Å²) >= 11 is 0. The Kier molecular flexibility index (Phi) is 10.0. The molecule has 3 aromatic rings. The monoisotopic (exact) mass is 479 g/mol. The van der Waals surface area contributed by atoms with Crippen molar-refractivity contribution < 1.29 is 14.9 Å². The molecule has 1 aliphatic heterocycles. The van der Waals surface area contributed by atoms with Gasteiger partial charge in [-0.05, 0) is 42.3 Å². The van der Waals surface area contributed by atoms with E-state index in [-0.39, 0.29) is 38.0 Å². The number of benzene rings is 2. The van der Waals surface area contributed by atoms with Crippen LogP contribution in [0.4, 0.5) is 5.82 Å². The van der Waals surface area contributed by atoms with E-state index in [1.54, 1.807) is 0 Å². The first-order chi connectivity index (χ1) is 14.7. The van der Waals surface area contributed by atoms with Crippen LogP contribution in [-0.4, -0.2) is 72.1 Å². The van der Waals surface area contributed by atoms with Crippen molar-refractivity contribution in [1.82, 2.24) is 9.88 Å². The van der Waals surface area contributed by atoms with Gasteiger partial charge in [-0.1, -0.05) is 31.2 Å². The van der Waals surface area contributed by atoms with Crippen LogP contribution in [0.15, 0.2) is 54.6 Å². The van der Waals surface area contributed by atoms with Crippen LogP contribution in [0.1, 0.15) is 6.92 Å². The molecule has 2 N–H and O–H groups in total. The smallest absolute Gasteiger partial charge is 0.137 e. The van der Waals surface area contributed by atoms with E-state index in [0.29, 0.717) is 5.75 Å². The fourth-order valence-electron chi connectivity index (χ4n) is 3.81. The Balaban J connectivity index is 0.00000181. The van der Waals surface area contributed by atoms with Gasteiger partial charge >= 0.3 is 0 Å². The predicted molar refractivity (Wildman–Crippen MR) is 135 cm³/mol. The maximum absolute atomic E-state index is 9.45. The zero-order valence-electron chi connectivity index (χ0n) is 18.2. The van der Waals surface area contributed by atoms with E-state index in [0.717, 1.165) is 49.8 Å². The summed E-state index contributed by atoms with van der Waals surface area (Å²) in [6.07, 6.45) is -0.873.